The summed E-state index contributed by atoms with van der Waals surface area (Å²) in [4.78, 5) is 12.1. The predicted molar refractivity (Wildman–Crippen MR) is 80.2 cm³/mol. The molecular formula is C16H30O5. The fourth-order valence-electron chi connectivity index (χ4n) is 3.09. The van der Waals surface area contributed by atoms with Gasteiger partial charge in [-0.1, -0.05) is 0 Å². The standard InChI is InChI=1S/C16H30O5/c1-11(2)19-15(14(17)18)9-7-8-10-16(15,20-12(3)4)21-13(5)6/h11-13H,7-10H2,1-6H3,(H,17,18). The molecule has 0 spiro atoms. The number of carboxylic acid groups (broad SMARTS) is 1. The first-order chi connectivity index (χ1) is 9.65. The van der Waals surface area contributed by atoms with Gasteiger partial charge in [0.1, 0.15) is 0 Å². The second-order valence-corrected chi connectivity index (χ2v) is 6.59. The average Bonchev–Trinajstić information content (AvgIpc) is 2.29. The Bertz CT molecular complexity index is 341. The number of carbonyl (C=O) groups is 1. The Morgan fingerprint density at radius 1 is 0.857 bits per heavy atom. The molecule has 0 aromatic carbocycles. The van der Waals surface area contributed by atoms with Crippen LogP contribution in [0.3, 0.4) is 0 Å². The van der Waals surface area contributed by atoms with Gasteiger partial charge in [-0.2, -0.15) is 0 Å². The second-order valence-electron chi connectivity index (χ2n) is 6.59. The van der Waals surface area contributed by atoms with Gasteiger partial charge in [0.2, 0.25) is 11.4 Å². The van der Waals surface area contributed by atoms with Crippen molar-refractivity contribution in [1.29, 1.82) is 0 Å². The van der Waals surface area contributed by atoms with E-state index in [0.717, 1.165) is 12.8 Å². The molecule has 0 heterocycles. The Kier molecular flexibility index (Phi) is 6.20. The number of hydrogen-bond donors (Lipinski definition) is 1. The maximum absolute atomic E-state index is 12.1. The van der Waals surface area contributed by atoms with Crippen LogP contribution in [0.4, 0.5) is 0 Å². The minimum Gasteiger partial charge on any atom is -0.479 e. The van der Waals surface area contributed by atoms with E-state index >= 15 is 0 Å². The van der Waals surface area contributed by atoms with Crippen LogP contribution in [0.1, 0.15) is 67.2 Å². The van der Waals surface area contributed by atoms with E-state index in [2.05, 4.69) is 0 Å². The molecule has 1 saturated carbocycles. The van der Waals surface area contributed by atoms with Crippen molar-refractivity contribution in [1.82, 2.24) is 0 Å². The van der Waals surface area contributed by atoms with Crippen LogP contribution in [0.25, 0.3) is 0 Å². The Balaban J connectivity index is 3.31. The number of carboxylic acids is 1. The van der Waals surface area contributed by atoms with Crippen LogP contribution in [-0.4, -0.2) is 40.8 Å². The summed E-state index contributed by atoms with van der Waals surface area (Å²) < 4.78 is 18.0. The van der Waals surface area contributed by atoms with E-state index < -0.39 is 17.4 Å². The van der Waals surface area contributed by atoms with Gasteiger partial charge in [0, 0.05) is 6.42 Å². The van der Waals surface area contributed by atoms with E-state index in [9.17, 15) is 9.90 Å². The largest absolute Gasteiger partial charge is 0.479 e. The lowest BCUT2D eigenvalue weighted by Gasteiger charge is -2.51. The van der Waals surface area contributed by atoms with Gasteiger partial charge in [0.25, 0.3) is 0 Å². The molecule has 1 aliphatic rings. The van der Waals surface area contributed by atoms with Crippen molar-refractivity contribution >= 4 is 5.97 Å². The maximum Gasteiger partial charge on any atom is 0.341 e. The van der Waals surface area contributed by atoms with Crippen molar-refractivity contribution in [3.05, 3.63) is 0 Å². The summed E-state index contributed by atoms with van der Waals surface area (Å²) in [5.41, 5.74) is -1.45. The number of rotatable bonds is 7. The van der Waals surface area contributed by atoms with Crippen LogP contribution < -0.4 is 0 Å². The molecule has 0 aromatic heterocycles. The molecule has 0 saturated heterocycles. The third-order valence-corrected chi connectivity index (χ3v) is 3.53. The minimum atomic E-state index is -1.45. The van der Waals surface area contributed by atoms with E-state index in [-0.39, 0.29) is 18.3 Å². The van der Waals surface area contributed by atoms with Gasteiger partial charge in [-0.05, 0) is 60.8 Å². The van der Waals surface area contributed by atoms with E-state index in [0.29, 0.717) is 12.8 Å². The summed E-state index contributed by atoms with van der Waals surface area (Å²) >= 11 is 0. The molecule has 1 N–H and O–H groups in total. The van der Waals surface area contributed by atoms with Gasteiger partial charge >= 0.3 is 5.97 Å². The summed E-state index contributed by atoms with van der Waals surface area (Å²) in [5.74, 6) is -2.24. The van der Waals surface area contributed by atoms with Crippen LogP contribution in [0, 0.1) is 0 Å². The number of ether oxygens (including phenoxy) is 3. The van der Waals surface area contributed by atoms with E-state index in [1.165, 1.54) is 0 Å². The monoisotopic (exact) mass is 302 g/mol. The second kappa shape index (κ2) is 7.07. The van der Waals surface area contributed by atoms with Crippen molar-refractivity contribution in [2.45, 2.75) is 96.9 Å². The molecule has 0 bridgehead atoms. The van der Waals surface area contributed by atoms with Crippen molar-refractivity contribution in [3.8, 4) is 0 Å². The van der Waals surface area contributed by atoms with Gasteiger partial charge in [-0.15, -0.1) is 0 Å². The van der Waals surface area contributed by atoms with Gasteiger partial charge < -0.3 is 19.3 Å². The van der Waals surface area contributed by atoms with E-state index in [1.807, 2.05) is 41.5 Å². The molecule has 5 heteroatoms. The van der Waals surface area contributed by atoms with Gasteiger partial charge in [-0.3, -0.25) is 0 Å². The lowest BCUT2D eigenvalue weighted by atomic mass is 9.78. The van der Waals surface area contributed by atoms with Gasteiger partial charge in [-0.25, -0.2) is 4.79 Å². The highest BCUT2D eigenvalue weighted by atomic mass is 16.7. The van der Waals surface area contributed by atoms with Crippen LogP contribution in [-0.2, 0) is 19.0 Å². The Labute approximate surface area is 128 Å². The SMILES string of the molecule is CC(C)OC1(OC(C)C)CCCCC1(OC(C)C)C(=O)O. The summed E-state index contributed by atoms with van der Waals surface area (Å²) in [6.45, 7) is 11.2. The van der Waals surface area contributed by atoms with E-state index in [1.54, 1.807) is 0 Å². The molecule has 21 heavy (non-hydrogen) atoms. The van der Waals surface area contributed by atoms with Gasteiger partial charge in [0.05, 0.1) is 18.3 Å². The zero-order valence-electron chi connectivity index (χ0n) is 14.1. The fourth-order valence-corrected chi connectivity index (χ4v) is 3.09. The first-order valence-electron chi connectivity index (χ1n) is 7.92. The summed E-state index contributed by atoms with van der Waals surface area (Å²) in [7, 11) is 0. The molecule has 0 aliphatic heterocycles. The number of hydrogen-bond acceptors (Lipinski definition) is 4. The van der Waals surface area contributed by atoms with Crippen molar-refractivity contribution in [3.63, 3.8) is 0 Å². The van der Waals surface area contributed by atoms with Crippen molar-refractivity contribution in [2.24, 2.45) is 0 Å². The molecule has 1 fully saturated rings. The van der Waals surface area contributed by atoms with E-state index in [4.69, 9.17) is 14.2 Å². The first kappa shape index (κ1) is 18.4. The highest BCUT2D eigenvalue weighted by Gasteiger charge is 2.63. The molecular weight excluding hydrogens is 272 g/mol. The third kappa shape index (κ3) is 3.96. The molecule has 1 unspecified atom stereocenters. The van der Waals surface area contributed by atoms with Crippen LogP contribution in [0.2, 0.25) is 0 Å². The zero-order chi connectivity index (χ0) is 16.3. The first-order valence-corrected chi connectivity index (χ1v) is 7.92. The fraction of sp³-hybridized carbons (Fsp3) is 0.938. The summed E-state index contributed by atoms with van der Waals surface area (Å²) in [6, 6.07) is 0. The minimum absolute atomic E-state index is 0.142. The topological polar surface area (TPSA) is 65.0 Å². The molecule has 0 radical (unpaired) electrons. The molecule has 0 amide bonds. The lowest BCUT2D eigenvalue weighted by molar-refractivity contribution is -0.361. The molecule has 1 aliphatic carbocycles. The maximum atomic E-state index is 12.1. The molecule has 124 valence electrons. The molecule has 5 nitrogen and oxygen atoms in total. The molecule has 0 aromatic rings. The Morgan fingerprint density at radius 3 is 1.67 bits per heavy atom. The highest BCUT2D eigenvalue weighted by molar-refractivity contribution is 5.79. The van der Waals surface area contributed by atoms with Crippen molar-refractivity contribution < 1.29 is 24.1 Å². The quantitative estimate of drug-likeness (QED) is 0.731. The smallest absolute Gasteiger partial charge is 0.341 e. The summed E-state index contributed by atoms with van der Waals surface area (Å²) in [6.07, 6.45) is 2.10. The molecule has 1 rings (SSSR count). The summed E-state index contributed by atoms with van der Waals surface area (Å²) in [5, 5.41) is 9.91. The van der Waals surface area contributed by atoms with Gasteiger partial charge in [0.15, 0.2) is 0 Å². The van der Waals surface area contributed by atoms with Crippen molar-refractivity contribution in [2.75, 3.05) is 0 Å². The molecule has 1 atom stereocenters. The normalized spacial score (nSPS) is 25.8. The predicted octanol–water partition coefficient (Wildman–Crippen LogP) is 3.36. The lowest BCUT2D eigenvalue weighted by Crippen LogP contribution is -2.67. The van der Waals surface area contributed by atoms with Crippen LogP contribution in [0.5, 0.6) is 0 Å². The Hall–Kier alpha value is -0.650. The van der Waals surface area contributed by atoms with Crippen LogP contribution >= 0.6 is 0 Å². The average molecular weight is 302 g/mol. The third-order valence-electron chi connectivity index (χ3n) is 3.53. The Morgan fingerprint density at radius 2 is 1.29 bits per heavy atom. The number of aliphatic carboxylic acids is 1. The van der Waals surface area contributed by atoms with Crippen LogP contribution in [0.15, 0.2) is 0 Å². The zero-order valence-corrected chi connectivity index (χ0v) is 14.1. The highest BCUT2D eigenvalue weighted by Crippen LogP contribution is 2.46.